The molecule has 0 heterocycles. The second kappa shape index (κ2) is 5.50. The molecule has 1 aromatic carbocycles. The topological polar surface area (TPSA) is 20.3 Å². The smallest absolute Gasteiger partial charge is 0.341 e. The molecular weight excluding hydrogens is 276 g/mol. The zero-order valence-corrected chi connectivity index (χ0v) is 9.69. The number of carbonyl (C=O) groups excluding carboxylic acids is 1. The molecule has 0 N–H and O–H groups in total. The van der Waals surface area contributed by atoms with Crippen LogP contribution in [-0.4, -0.2) is 30.6 Å². The van der Waals surface area contributed by atoms with Crippen LogP contribution >= 0.6 is 0 Å². The summed E-state index contributed by atoms with van der Waals surface area (Å²) >= 11 is 0. The van der Waals surface area contributed by atoms with Crippen molar-refractivity contribution in [2.75, 3.05) is 13.6 Å². The van der Waals surface area contributed by atoms with Gasteiger partial charge in [0.25, 0.3) is 5.91 Å². The summed E-state index contributed by atoms with van der Waals surface area (Å²) in [6.07, 6.45) is -5.70. The van der Waals surface area contributed by atoms with Crippen LogP contribution < -0.4 is 0 Å². The molecule has 1 aromatic rings. The number of hydrogen-bond donors (Lipinski definition) is 0. The van der Waals surface area contributed by atoms with Crippen molar-refractivity contribution in [2.24, 2.45) is 0 Å². The lowest BCUT2D eigenvalue weighted by atomic mass is 10.1. The van der Waals surface area contributed by atoms with Gasteiger partial charge in [-0.2, -0.15) is 13.2 Å². The molecular formula is C11H9F6NO. The largest absolute Gasteiger partial charge is 0.390 e. The highest BCUT2D eigenvalue weighted by Gasteiger charge is 2.28. The highest BCUT2D eigenvalue weighted by atomic mass is 19.4. The van der Waals surface area contributed by atoms with Crippen molar-refractivity contribution in [3.05, 3.63) is 35.1 Å². The SMILES string of the molecule is CN(CCC(F)(F)F)C(=O)c1cc(F)c(F)c(F)c1. The predicted octanol–water partition coefficient (Wildman–Crippen LogP) is 3.13. The standard InChI is InChI=1S/C11H9F6NO/c1-18(3-2-11(15,16)17)10(19)6-4-7(12)9(14)8(13)5-6/h4-5H,2-3H2,1H3. The van der Waals surface area contributed by atoms with E-state index < -0.39 is 48.1 Å². The van der Waals surface area contributed by atoms with Crippen LogP contribution in [0.25, 0.3) is 0 Å². The Morgan fingerprint density at radius 1 is 1.16 bits per heavy atom. The Hall–Kier alpha value is -1.73. The van der Waals surface area contributed by atoms with Crippen molar-refractivity contribution in [1.82, 2.24) is 4.90 Å². The van der Waals surface area contributed by atoms with Crippen molar-refractivity contribution >= 4 is 5.91 Å². The fourth-order valence-electron chi connectivity index (χ4n) is 1.30. The minimum Gasteiger partial charge on any atom is -0.341 e. The van der Waals surface area contributed by atoms with Gasteiger partial charge in [-0.05, 0) is 12.1 Å². The third-order valence-corrected chi connectivity index (χ3v) is 2.31. The number of nitrogens with zero attached hydrogens (tertiary/aromatic N) is 1. The first-order chi connectivity index (χ1) is 8.61. The van der Waals surface area contributed by atoms with Crippen molar-refractivity contribution in [1.29, 1.82) is 0 Å². The zero-order chi connectivity index (χ0) is 14.8. The van der Waals surface area contributed by atoms with Crippen LogP contribution in [0.5, 0.6) is 0 Å². The molecule has 0 aromatic heterocycles. The second-order valence-corrected chi connectivity index (χ2v) is 3.85. The van der Waals surface area contributed by atoms with Gasteiger partial charge >= 0.3 is 6.18 Å². The van der Waals surface area contributed by atoms with E-state index in [1.54, 1.807) is 0 Å². The Morgan fingerprint density at radius 2 is 1.63 bits per heavy atom. The molecule has 0 fully saturated rings. The van der Waals surface area contributed by atoms with E-state index in [1.165, 1.54) is 0 Å². The molecule has 0 saturated carbocycles. The summed E-state index contributed by atoms with van der Waals surface area (Å²) in [5.74, 6) is -5.92. The third kappa shape index (κ3) is 4.15. The second-order valence-electron chi connectivity index (χ2n) is 3.85. The van der Waals surface area contributed by atoms with E-state index in [4.69, 9.17) is 0 Å². The molecule has 0 saturated heterocycles. The van der Waals surface area contributed by atoms with Crippen molar-refractivity contribution < 1.29 is 31.1 Å². The van der Waals surface area contributed by atoms with E-state index in [-0.39, 0.29) is 0 Å². The lowest BCUT2D eigenvalue weighted by Crippen LogP contribution is -2.30. The van der Waals surface area contributed by atoms with Gasteiger partial charge in [0.15, 0.2) is 17.5 Å². The van der Waals surface area contributed by atoms with E-state index in [2.05, 4.69) is 0 Å². The van der Waals surface area contributed by atoms with Gasteiger partial charge in [-0.1, -0.05) is 0 Å². The zero-order valence-electron chi connectivity index (χ0n) is 9.69. The Balaban J connectivity index is 2.83. The fourth-order valence-corrected chi connectivity index (χ4v) is 1.30. The summed E-state index contributed by atoms with van der Waals surface area (Å²) in [5, 5.41) is 0. The highest BCUT2D eigenvalue weighted by Crippen LogP contribution is 2.20. The maximum atomic E-state index is 12.9. The van der Waals surface area contributed by atoms with Gasteiger partial charge in [0.1, 0.15) is 0 Å². The minimum absolute atomic E-state index is 0.435. The average Bonchev–Trinajstić information content (AvgIpc) is 2.30. The molecule has 0 aliphatic carbocycles. The summed E-state index contributed by atoms with van der Waals surface area (Å²) in [5.41, 5.74) is -0.555. The number of hydrogen-bond acceptors (Lipinski definition) is 1. The van der Waals surface area contributed by atoms with E-state index in [0.29, 0.717) is 17.0 Å². The molecule has 0 aliphatic rings. The average molecular weight is 285 g/mol. The van der Waals surface area contributed by atoms with E-state index in [9.17, 15) is 31.1 Å². The maximum absolute atomic E-state index is 12.9. The van der Waals surface area contributed by atoms with Crippen LogP contribution in [0.3, 0.4) is 0 Å². The molecule has 2 nitrogen and oxygen atoms in total. The molecule has 0 unspecified atom stereocenters. The minimum atomic E-state index is -4.45. The molecule has 0 aliphatic heterocycles. The van der Waals surface area contributed by atoms with Gasteiger partial charge in [-0.15, -0.1) is 0 Å². The molecule has 19 heavy (non-hydrogen) atoms. The fraction of sp³-hybridized carbons (Fsp3) is 0.364. The van der Waals surface area contributed by atoms with Crippen LogP contribution in [0.4, 0.5) is 26.3 Å². The summed E-state index contributed by atoms with van der Waals surface area (Å²) in [4.78, 5) is 12.2. The number of alkyl halides is 3. The molecule has 0 atom stereocenters. The molecule has 8 heteroatoms. The van der Waals surface area contributed by atoms with Gasteiger partial charge in [-0.3, -0.25) is 4.79 Å². The van der Waals surface area contributed by atoms with Gasteiger partial charge in [0.05, 0.1) is 6.42 Å². The monoisotopic (exact) mass is 285 g/mol. The summed E-state index contributed by atoms with van der Waals surface area (Å²) in [6.45, 7) is -0.664. The van der Waals surface area contributed by atoms with Gasteiger partial charge < -0.3 is 4.90 Å². The van der Waals surface area contributed by atoms with Gasteiger partial charge in [-0.25, -0.2) is 13.2 Å². The number of benzene rings is 1. The first-order valence-electron chi connectivity index (χ1n) is 5.08. The van der Waals surface area contributed by atoms with E-state index >= 15 is 0 Å². The number of amides is 1. The van der Waals surface area contributed by atoms with Crippen LogP contribution in [0.2, 0.25) is 0 Å². The molecule has 0 bridgehead atoms. The number of rotatable bonds is 3. The van der Waals surface area contributed by atoms with Gasteiger partial charge in [0, 0.05) is 19.2 Å². The Kier molecular flexibility index (Phi) is 4.43. The van der Waals surface area contributed by atoms with E-state index in [0.717, 1.165) is 7.05 Å². The van der Waals surface area contributed by atoms with E-state index in [1.807, 2.05) is 0 Å². The lowest BCUT2D eigenvalue weighted by Gasteiger charge is -2.18. The van der Waals surface area contributed by atoms with Crippen LogP contribution in [0.1, 0.15) is 16.8 Å². The number of carbonyl (C=O) groups is 1. The lowest BCUT2D eigenvalue weighted by molar-refractivity contribution is -0.136. The molecule has 1 amide bonds. The highest BCUT2D eigenvalue weighted by molar-refractivity contribution is 5.94. The van der Waals surface area contributed by atoms with Crippen LogP contribution in [-0.2, 0) is 0 Å². The predicted molar refractivity (Wildman–Crippen MR) is 53.9 cm³/mol. The summed E-state index contributed by atoms with van der Waals surface area (Å²) in [6, 6.07) is 0.871. The maximum Gasteiger partial charge on any atom is 0.390 e. The van der Waals surface area contributed by atoms with Crippen molar-refractivity contribution in [3.63, 3.8) is 0 Å². The molecule has 0 radical (unpaired) electrons. The normalized spacial score (nSPS) is 11.5. The molecule has 1 rings (SSSR count). The number of halogens is 6. The van der Waals surface area contributed by atoms with Crippen molar-refractivity contribution in [2.45, 2.75) is 12.6 Å². The summed E-state index contributed by atoms with van der Waals surface area (Å²) in [7, 11) is 1.05. The van der Waals surface area contributed by atoms with Crippen LogP contribution in [0, 0.1) is 17.5 Å². The Labute approximate surface area is 104 Å². The third-order valence-electron chi connectivity index (χ3n) is 2.31. The first kappa shape index (κ1) is 15.3. The Morgan fingerprint density at radius 3 is 2.05 bits per heavy atom. The molecule has 0 spiro atoms. The summed E-state index contributed by atoms with van der Waals surface area (Å²) < 4.78 is 74.3. The Bertz CT molecular complexity index is 462. The van der Waals surface area contributed by atoms with Crippen LogP contribution in [0.15, 0.2) is 12.1 Å². The quantitative estimate of drug-likeness (QED) is 0.617. The first-order valence-corrected chi connectivity index (χ1v) is 5.08. The molecule has 106 valence electrons. The van der Waals surface area contributed by atoms with Gasteiger partial charge in [0.2, 0.25) is 0 Å². The van der Waals surface area contributed by atoms with Crippen molar-refractivity contribution in [3.8, 4) is 0 Å².